The van der Waals surface area contributed by atoms with E-state index in [-0.39, 0.29) is 41.1 Å². The maximum Gasteiger partial charge on any atom is 0.401 e. The molecule has 1 aromatic heterocycles. The number of pyridine rings is 1. The first-order valence-corrected chi connectivity index (χ1v) is 8.03. The number of hydrogen-bond acceptors (Lipinski definition) is 3. The largest absolute Gasteiger partial charge is 0.401 e. The van der Waals surface area contributed by atoms with E-state index in [1.807, 2.05) is 0 Å². The second kappa shape index (κ2) is 5.49. The van der Waals surface area contributed by atoms with Gasteiger partial charge >= 0.3 is 6.18 Å². The lowest BCUT2D eigenvalue weighted by Crippen LogP contribution is -2.55. The minimum atomic E-state index is -4.27. The number of aromatic nitrogens is 1. The van der Waals surface area contributed by atoms with Crippen LogP contribution >= 0.6 is 27.5 Å². The Morgan fingerprint density at radius 3 is 2.48 bits per heavy atom. The molecule has 1 N–H and O–H groups in total. The second-order valence-electron chi connectivity index (χ2n) is 5.71. The molecule has 0 radical (unpaired) electrons. The van der Waals surface area contributed by atoms with Crippen LogP contribution in [0.25, 0.3) is 0 Å². The van der Waals surface area contributed by atoms with Gasteiger partial charge < -0.3 is 5.32 Å². The highest BCUT2D eigenvalue weighted by molar-refractivity contribution is 9.10. The monoisotopic (exact) mass is 413 g/mol. The highest BCUT2D eigenvalue weighted by Gasteiger charge is 2.47. The van der Waals surface area contributed by atoms with E-state index in [9.17, 15) is 22.8 Å². The lowest BCUT2D eigenvalue weighted by molar-refractivity contribution is -0.150. The molecule has 1 saturated heterocycles. The predicted molar refractivity (Wildman–Crippen MR) is 80.6 cm³/mol. The van der Waals surface area contributed by atoms with Crippen molar-refractivity contribution in [3.63, 3.8) is 0 Å². The number of nitrogens with one attached hydrogen (secondary N) is 1. The van der Waals surface area contributed by atoms with Crippen LogP contribution in [0, 0.1) is 0 Å². The number of rotatable bonds is 1. The van der Waals surface area contributed by atoms with E-state index in [0.717, 1.165) is 0 Å². The van der Waals surface area contributed by atoms with Gasteiger partial charge in [0, 0.05) is 25.9 Å². The summed E-state index contributed by atoms with van der Waals surface area (Å²) in [7, 11) is 0. The molecule has 1 fully saturated rings. The number of alkyl halides is 3. The van der Waals surface area contributed by atoms with Crippen LogP contribution in [0.5, 0.6) is 0 Å². The molecule has 5 nitrogen and oxygen atoms in total. The van der Waals surface area contributed by atoms with Gasteiger partial charge in [-0.15, -0.1) is 0 Å². The number of carbonyl (C=O) groups excluding carboxylic acids is 1. The van der Waals surface area contributed by atoms with Gasteiger partial charge in [-0.1, -0.05) is 11.6 Å². The molecule has 126 valence electrons. The lowest BCUT2D eigenvalue weighted by atomic mass is 9.97. The molecule has 0 bridgehead atoms. The summed E-state index contributed by atoms with van der Waals surface area (Å²) in [6.07, 6.45) is -3.87. The fourth-order valence-electron chi connectivity index (χ4n) is 3.18. The van der Waals surface area contributed by atoms with E-state index < -0.39 is 29.9 Å². The number of amides is 1. The van der Waals surface area contributed by atoms with Crippen molar-refractivity contribution >= 4 is 33.4 Å². The summed E-state index contributed by atoms with van der Waals surface area (Å²) in [4.78, 5) is 25.8. The molecule has 1 amide bonds. The average molecular weight is 415 g/mol. The Labute approximate surface area is 142 Å². The number of halogens is 5. The maximum absolute atomic E-state index is 12.5. The molecule has 2 aliphatic rings. The van der Waals surface area contributed by atoms with Crippen LogP contribution in [-0.4, -0.2) is 41.2 Å². The number of nitrogens with zero attached hydrogens (tertiary/aromatic N) is 2. The maximum atomic E-state index is 12.5. The molecule has 10 heteroatoms. The zero-order chi connectivity index (χ0) is 17.0. The summed E-state index contributed by atoms with van der Waals surface area (Å²) in [5.41, 5.74) is -1.38. The van der Waals surface area contributed by atoms with Gasteiger partial charge in [-0.2, -0.15) is 13.2 Å². The molecule has 0 saturated carbocycles. The number of carbonyl (C=O) groups is 1. The van der Waals surface area contributed by atoms with Gasteiger partial charge in [0.15, 0.2) is 0 Å². The van der Waals surface area contributed by atoms with Crippen molar-refractivity contribution < 1.29 is 18.0 Å². The van der Waals surface area contributed by atoms with E-state index in [1.165, 1.54) is 15.5 Å². The minimum Gasteiger partial charge on any atom is -0.327 e. The Morgan fingerprint density at radius 2 is 1.91 bits per heavy atom. The van der Waals surface area contributed by atoms with Crippen LogP contribution in [0.4, 0.5) is 13.2 Å². The van der Waals surface area contributed by atoms with Crippen LogP contribution in [0.3, 0.4) is 0 Å². The molecule has 1 spiro atoms. The standard InChI is InChI=1S/C13H12BrClF3N3O2/c14-7-5-8(15)9-10(22)19-12(21(9)11(7)23)1-3-20(4-2-12)6-13(16,17)18/h5H,1-4,6H2,(H,19,22). The quantitative estimate of drug-likeness (QED) is 0.767. The highest BCUT2D eigenvalue weighted by Crippen LogP contribution is 2.36. The molecular weight excluding hydrogens is 403 g/mol. The third kappa shape index (κ3) is 2.89. The summed E-state index contributed by atoms with van der Waals surface area (Å²) in [6, 6.07) is 1.35. The van der Waals surface area contributed by atoms with Gasteiger partial charge in [-0.3, -0.25) is 19.1 Å². The molecular formula is C13H12BrClF3N3O2. The Kier molecular flexibility index (Phi) is 4.01. The van der Waals surface area contributed by atoms with Crippen molar-refractivity contribution in [2.45, 2.75) is 24.7 Å². The molecule has 3 heterocycles. The fraction of sp³-hybridized carbons (Fsp3) is 0.538. The van der Waals surface area contributed by atoms with E-state index in [1.54, 1.807) is 0 Å². The second-order valence-corrected chi connectivity index (χ2v) is 6.97. The summed E-state index contributed by atoms with van der Waals surface area (Å²) in [6.45, 7) is -0.760. The number of fused-ring (bicyclic) bond motifs is 2. The van der Waals surface area contributed by atoms with E-state index >= 15 is 0 Å². The SMILES string of the molecule is O=C1NC2(CCN(CC(F)(F)F)CC2)n2c1c(Cl)cc(Br)c2=O. The van der Waals surface area contributed by atoms with Gasteiger partial charge in [0.25, 0.3) is 11.5 Å². The lowest BCUT2D eigenvalue weighted by Gasteiger charge is -2.40. The normalized spacial score (nSPS) is 20.7. The van der Waals surface area contributed by atoms with E-state index in [0.29, 0.717) is 0 Å². The molecule has 0 unspecified atom stereocenters. The number of likely N-dealkylation sites (tertiary alicyclic amines) is 1. The Hall–Kier alpha value is -1.06. The molecule has 0 aromatic carbocycles. The van der Waals surface area contributed by atoms with Crippen molar-refractivity contribution in [1.82, 2.24) is 14.8 Å². The molecule has 2 aliphatic heterocycles. The molecule has 0 aliphatic carbocycles. The van der Waals surface area contributed by atoms with Crippen LogP contribution in [0.15, 0.2) is 15.3 Å². The molecule has 0 atom stereocenters. The summed E-state index contributed by atoms with van der Waals surface area (Å²) >= 11 is 9.16. The van der Waals surface area contributed by atoms with Crippen molar-refractivity contribution in [3.8, 4) is 0 Å². The van der Waals surface area contributed by atoms with Gasteiger partial charge in [-0.25, -0.2) is 0 Å². The van der Waals surface area contributed by atoms with Crippen LogP contribution in [-0.2, 0) is 5.66 Å². The number of hydrogen-bond donors (Lipinski definition) is 1. The van der Waals surface area contributed by atoms with Gasteiger partial charge in [0.1, 0.15) is 11.4 Å². The van der Waals surface area contributed by atoms with Crippen molar-refractivity contribution in [2.75, 3.05) is 19.6 Å². The first kappa shape index (κ1) is 16.8. The van der Waals surface area contributed by atoms with Crippen LogP contribution < -0.4 is 10.9 Å². The Morgan fingerprint density at radius 1 is 1.30 bits per heavy atom. The minimum absolute atomic E-state index is 0.0594. The molecule has 23 heavy (non-hydrogen) atoms. The summed E-state index contributed by atoms with van der Waals surface area (Å²) < 4.78 is 39.0. The average Bonchev–Trinajstić information content (AvgIpc) is 2.71. The van der Waals surface area contributed by atoms with Crippen LogP contribution in [0.1, 0.15) is 23.3 Å². The van der Waals surface area contributed by atoms with Crippen molar-refractivity contribution in [3.05, 3.63) is 31.6 Å². The van der Waals surface area contributed by atoms with Crippen molar-refractivity contribution in [1.29, 1.82) is 0 Å². The third-order valence-electron chi connectivity index (χ3n) is 4.19. The van der Waals surface area contributed by atoms with Gasteiger partial charge in [0.05, 0.1) is 16.0 Å². The first-order chi connectivity index (χ1) is 10.6. The summed E-state index contributed by atoms with van der Waals surface area (Å²) in [5.74, 6) is -0.483. The Bertz CT molecular complexity index is 726. The van der Waals surface area contributed by atoms with Gasteiger partial charge in [0.2, 0.25) is 0 Å². The molecule has 3 rings (SSSR count). The smallest absolute Gasteiger partial charge is 0.327 e. The summed E-state index contributed by atoms with van der Waals surface area (Å²) in [5, 5.41) is 2.87. The molecule has 1 aromatic rings. The number of piperidine rings is 1. The topological polar surface area (TPSA) is 54.3 Å². The first-order valence-electron chi connectivity index (χ1n) is 6.86. The van der Waals surface area contributed by atoms with E-state index in [4.69, 9.17) is 11.6 Å². The zero-order valence-corrected chi connectivity index (χ0v) is 14.1. The van der Waals surface area contributed by atoms with E-state index in [2.05, 4.69) is 21.2 Å². The third-order valence-corrected chi connectivity index (χ3v) is 5.04. The highest BCUT2D eigenvalue weighted by atomic mass is 79.9. The zero-order valence-electron chi connectivity index (χ0n) is 11.7. The predicted octanol–water partition coefficient (Wildman–Crippen LogP) is 2.32. The van der Waals surface area contributed by atoms with Gasteiger partial charge in [-0.05, 0) is 22.0 Å². The Balaban J connectivity index is 1.94. The fourth-order valence-corrected chi connectivity index (χ4v) is 4.00. The van der Waals surface area contributed by atoms with Crippen molar-refractivity contribution in [2.24, 2.45) is 0 Å². The van der Waals surface area contributed by atoms with Crippen LogP contribution in [0.2, 0.25) is 5.02 Å².